The van der Waals surface area contributed by atoms with Crippen LogP contribution in [0.3, 0.4) is 0 Å². The fourth-order valence-corrected chi connectivity index (χ4v) is 6.52. The van der Waals surface area contributed by atoms with Crippen LogP contribution in [0.4, 0.5) is 5.69 Å². The van der Waals surface area contributed by atoms with Crippen LogP contribution in [0.5, 0.6) is 0 Å². The summed E-state index contributed by atoms with van der Waals surface area (Å²) in [5.41, 5.74) is 10.1. The predicted octanol–water partition coefficient (Wildman–Crippen LogP) is 6.73. The van der Waals surface area contributed by atoms with Gasteiger partial charge < -0.3 is 20.0 Å². The Morgan fingerprint density at radius 3 is 2.68 bits per heavy atom. The molecular weight excluding hydrogens is 462 g/mol. The third-order valence-corrected chi connectivity index (χ3v) is 8.20. The van der Waals surface area contributed by atoms with E-state index in [1.807, 2.05) is 19.1 Å². The van der Waals surface area contributed by atoms with Crippen LogP contribution in [0.2, 0.25) is 0 Å². The van der Waals surface area contributed by atoms with Crippen molar-refractivity contribution >= 4 is 33.5 Å². The Morgan fingerprint density at radius 2 is 1.86 bits per heavy atom. The molecule has 0 atom stereocenters. The molecule has 3 N–H and O–H groups in total. The van der Waals surface area contributed by atoms with Gasteiger partial charge in [-0.1, -0.05) is 25.3 Å². The standard InChI is InChI=1S/C30H29N5O2/c1-17-27(32-12-11-31-17)24-16-22-23(34-24)10-9-21-28(22)33-13-14-35-25-15-19(30(36)37)7-8-20(25)26(29(21)35)18-5-3-2-4-6-18/h7-12,15-16,18,33-34H,2-6,13-14H2,1H3,(H,36,37). The van der Waals surface area contributed by atoms with Crippen molar-refractivity contribution in [2.75, 3.05) is 11.9 Å². The number of aryl methyl sites for hydroxylation is 1. The van der Waals surface area contributed by atoms with E-state index in [1.165, 1.54) is 54.3 Å². The molecule has 0 saturated heterocycles. The van der Waals surface area contributed by atoms with E-state index in [0.717, 1.165) is 52.3 Å². The van der Waals surface area contributed by atoms with E-state index < -0.39 is 5.97 Å². The molecule has 5 aromatic rings. The number of nitrogens with zero attached hydrogens (tertiary/aromatic N) is 3. The molecule has 1 aliphatic heterocycles. The highest BCUT2D eigenvalue weighted by Crippen LogP contribution is 2.48. The van der Waals surface area contributed by atoms with Crippen molar-refractivity contribution in [1.29, 1.82) is 0 Å². The number of carboxylic acid groups (broad SMARTS) is 1. The molecule has 7 nitrogen and oxygen atoms in total. The fourth-order valence-electron chi connectivity index (χ4n) is 6.52. The van der Waals surface area contributed by atoms with Crippen molar-refractivity contribution in [3.63, 3.8) is 0 Å². The molecule has 0 bridgehead atoms. The van der Waals surface area contributed by atoms with Gasteiger partial charge >= 0.3 is 5.97 Å². The quantitative estimate of drug-likeness (QED) is 0.260. The number of benzene rings is 2. The molecule has 3 aromatic heterocycles. The summed E-state index contributed by atoms with van der Waals surface area (Å²) in [6.07, 6.45) is 9.58. The number of hydrogen-bond donors (Lipinski definition) is 3. The van der Waals surface area contributed by atoms with Gasteiger partial charge in [0.25, 0.3) is 0 Å². The Balaban J connectivity index is 1.50. The van der Waals surface area contributed by atoms with E-state index in [-0.39, 0.29) is 0 Å². The Hall–Kier alpha value is -4.13. The lowest BCUT2D eigenvalue weighted by Crippen LogP contribution is -2.08. The van der Waals surface area contributed by atoms with Gasteiger partial charge in [0.05, 0.1) is 28.3 Å². The molecule has 1 aliphatic carbocycles. The number of nitrogens with one attached hydrogen (secondary N) is 2. The molecule has 0 spiro atoms. The molecular formula is C30H29N5O2. The molecule has 37 heavy (non-hydrogen) atoms. The Labute approximate surface area is 214 Å². The number of hydrogen-bond acceptors (Lipinski definition) is 4. The SMILES string of the molecule is Cc1nccnc1-c1cc2c3c(ccc2[nH]1)-c1c(C2CCCCC2)c2ccc(C(=O)O)cc2n1CCN3. The van der Waals surface area contributed by atoms with E-state index >= 15 is 0 Å². The lowest BCUT2D eigenvalue weighted by atomic mass is 9.81. The molecule has 7 heteroatoms. The largest absolute Gasteiger partial charge is 0.478 e. The lowest BCUT2D eigenvalue weighted by Gasteiger charge is -2.24. The Bertz CT molecular complexity index is 1690. The number of aromatic amines is 1. The first kappa shape index (κ1) is 22.1. The van der Waals surface area contributed by atoms with Gasteiger partial charge in [0.15, 0.2) is 0 Å². The number of anilines is 1. The number of H-pyrrole nitrogens is 1. The maximum Gasteiger partial charge on any atom is 0.335 e. The summed E-state index contributed by atoms with van der Waals surface area (Å²) in [5.74, 6) is -0.404. The van der Waals surface area contributed by atoms with Gasteiger partial charge in [-0.3, -0.25) is 9.97 Å². The number of aromatic carboxylic acids is 1. The number of carboxylic acids is 1. The van der Waals surface area contributed by atoms with Crippen molar-refractivity contribution < 1.29 is 9.90 Å². The van der Waals surface area contributed by atoms with Crippen molar-refractivity contribution in [3.8, 4) is 22.6 Å². The summed E-state index contributed by atoms with van der Waals surface area (Å²) in [4.78, 5) is 24.4. The van der Waals surface area contributed by atoms with Gasteiger partial charge in [-0.15, -0.1) is 0 Å². The summed E-state index contributed by atoms with van der Waals surface area (Å²) in [5, 5.41) is 15.8. The second-order valence-corrected chi connectivity index (χ2v) is 10.3. The molecule has 2 aromatic carbocycles. The van der Waals surface area contributed by atoms with E-state index in [2.05, 4.69) is 43.0 Å². The minimum absolute atomic E-state index is 0.338. The average Bonchev–Trinajstić information content (AvgIpc) is 3.43. The molecule has 7 rings (SSSR count). The summed E-state index contributed by atoms with van der Waals surface area (Å²) in [7, 11) is 0. The molecule has 186 valence electrons. The van der Waals surface area contributed by atoms with Crippen LogP contribution in [0.15, 0.2) is 48.8 Å². The molecule has 2 aliphatic rings. The van der Waals surface area contributed by atoms with Crippen LogP contribution < -0.4 is 5.32 Å². The maximum atomic E-state index is 11.8. The molecule has 1 saturated carbocycles. The lowest BCUT2D eigenvalue weighted by molar-refractivity contribution is 0.0697. The predicted molar refractivity (Wildman–Crippen MR) is 146 cm³/mol. The number of carbonyl (C=O) groups is 1. The van der Waals surface area contributed by atoms with Crippen molar-refractivity contribution in [2.45, 2.75) is 51.5 Å². The number of aromatic nitrogens is 4. The van der Waals surface area contributed by atoms with Crippen molar-refractivity contribution in [1.82, 2.24) is 19.5 Å². The van der Waals surface area contributed by atoms with Crippen molar-refractivity contribution in [2.24, 2.45) is 0 Å². The summed E-state index contributed by atoms with van der Waals surface area (Å²) >= 11 is 0. The normalized spacial score (nSPS) is 15.8. The van der Waals surface area contributed by atoms with Gasteiger partial charge in [-0.25, -0.2) is 4.79 Å². The third kappa shape index (κ3) is 3.44. The highest BCUT2D eigenvalue weighted by molar-refractivity contribution is 6.06. The molecule has 0 amide bonds. The van der Waals surface area contributed by atoms with Crippen molar-refractivity contribution in [3.05, 3.63) is 65.6 Å². The van der Waals surface area contributed by atoms with Gasteiger partial charge in [0, 0.05) is 52.9 Å². The van der Waals surface area contributed by atoms with Crippen LogP contribution in [0, 0.1) is 6.92 Å². The van der Waals surface area contributed by atoms with E-state index in [1.54, 1.807) is 18.5 Å². The first-order valence-electron chi connectivity index (χ1n) is 13.2. The van der Waals surface area contributed by atoms with E-state index in [0.29, 0.717) is 11.5 Å². The zero-order chi connectivity index (χ0) is 25.1. The first-order valence-corrected chi connectivity index (χ1v) is 13.2. The summed E-state index contributed by atoms with van der Waals surface area (Å²) in [6.45, 7) is 3.51. The average molecular weight is 492 g/mol. The van der Waals surface area contributed by atoms with Crippen LogP contribution in [0.1, 0.15) is 59.6 Å². The summed E-state index contributed by atoms with van der Waals surface area (Å²) in [6, 6.07) is 12.2. The highest BCUT2D eigenvalue weighted by Gasteiger charge is 2.30. The van der Waals surface area contributed by atoms with E-state index in [9.17, 15) is 9.90 Å². The van der Waals surface area contributed by atoms with Crippen LogP contribution in [-0.2, 0) is 6.54 Å². The smallest absolute Gasteiger partial charge is 0.335 e. The monoisotopic (exact) mass is 491 g/mol. The number of fused-ring (bicyclic) bond motifs is 7. The third-order valence-electron chi connectivity index (χ3n) is 8.20. The minimum atomic E-state index is -0.885. The molecule has 1 fully saturated rings. The first-order chi connectivity index (χ1) is 18.1. The van der Waals surface area contributed by atoms with Gasteiger partial charge in [0.1, 0.15) is 5.69 Å². The number of rotatable bonds is 3. The van der Waals surface area contributed by atoms with Gasteiger partial charge in [-0.2, -0.15) is 0 Å². The second-order valence-electron chi connectivity index (χ2n) is 10.3. The van der Waals surface area contributed by atoms with Crippen LogP contribution >= 0.6 is 0 Å². The van der Waals surface area contributed by atoms with Crippen LogP contribution in [0.25, 0.3) is 44.5 Å². The van der Waals surface area contributed by atoms with Crippen LogP contribution in [-0.4, -0.2) is 37.1 Å². The maximum absolute atomic E-state index is 11.8. The second kappa shape index (κ2) is 8.47. The van der Waals surface area contributed by atoms with Gasteiger partial charge in [0.2, 0.25) is 0 Å². The highest BCUT2D eigenvalue weighted by atomic mass is 16.4. The molecule has 4 heterocycles. The molecule has 0 unspecified atom stereocenters. The zero-order valence-corrected chi connectivity index (χ0v) is 20.8. The zero-order valence-electron chi connectivity index (χ0n) is 20.8. The van der Waals surface area contributed by atoms with E-state index in [4.69, 9.17) is 0 Å². The Kier molecular flexibility index (Phi) is 5.06. The topological polar surface area (TPSA) is 95.8 Å². The Morgan fingerprint density at radius 1 is 1.03 bits per heavy atom. The fraction of sp³-hybridized carbons (Fsp3) is 0.300. The summed E-state index contributed by atoms with van der Waals surface area (Å²) < 4.78 is 2.36. The van der Waals surface area contributed by atoms with Gasteiger partial charge in [-0.05, 0) is 61.6 Å². The molecule has 0 radical (unpaired) electrons. The minimum Gasteiger partial charge on any atom is -0.478 e.